The Morgan fingerprint density at radius 2 is 2.26 bits per heavy atom. The number of hydrogen-bond acceptors (Lipinski definition) is 4. The Morgan fingerprint density at radius 3 is 3.11 bits per heavy atom. The van der Waals surface area contributed by atoms with Gasteiger partial charge in [-0.1, -0.05) is 41.6 Å². The molecule has 1 amide bonds. The van der Waals surface area contributed by atoms with Crippen molar-refractivity contribution >= 4 is 12.2 Å². The molecule has 0 aromatic heterocycles. The first kappa shape index (κ1) is 11.6. The number of hydrogen-bond donors (Lipinski definition) is 0. The summed E-state index contributed by atoms with van der Waals surface area (Å²) in [5.41, 5.74) is 2.85. The van der Waals surface area contributed by atoms with E-state index in [9.17, 15) is 4.79 Å². The van der Waals surface area contributed by atoms with Crippen LogP contribution in [0.5, 0.6) is 0 Å². The van der Waals surface area contributed by atoms with Gasteiger partial charge in [-0.05, 0) is 24.1 Å². The molecule has 19 heavy (non-hydrogen) atoms. The number of benzene rings is 1. The van der Waals surface area contributed by atoms with Crippen LogP contribution >= 0.6 is 0 Å². The maximum atomic E-state index is 11.8. The van der Waals surface area contributed by atoms with Crippen molar-refractivity contribution in [3.05, 3.63) is 53.2 Å². The third-order valence-corrected chi connectivity index (χ3v) is 3.06. The lowest BCUT2D eigenvalue weighted by Gasteiger charge is -2.15. The van der Waals surface area contributed by atoms with E-state index in [4.69, 9.17) is 4.74 Å². The SMILES string of the molecule is CCOC(=O)N1N=NC2C1=CC=Cc1ccccc12. The van der Waals surface area contributed by atoms with Crippen LogP contribution < -0.4 is 0 Å². The summed E-state index contributed by atoms with van der Waals surface area (Å²) in [6, 6.07) is 7.71. The number of ether oxygens (including phenoxy) is 1. The van der Waals surface area contributed by atoms with Crippen LogP contribution in [0.4, 0.5) is 4.79 Å². The fourth-order valence-electron chi connectivity index (χ4n) is 2.20. The van der Waals surface area contributed by atoms with Crippen LogP contribution in [-0.2, 0) is 4.74 Å². The van der Waals surface area contributed by atoms with Crippen LogP contribution in [0, 0.1) is 0 Å². The Bertz CT molecular complexity index is 604. The summed E-state index contributed by atoms with van der Waals surface area (Å²) in [5.74, 6) is 0. The lowest BCUT2D eigenvalue weighted by Crippen LogP contribution is -2.24. The highest BCUT2D eigenvalue weighted by molar-refractivity contribution is 5.71. The van der Waals surface area contributed by atoms with E-state index in [1.807, 2.05) is 42.5 Å². The zero-order valence-corrected chi connectivity index (χ0v) is 10.5. The molecule has 1 unspecified atom stereocenters. The fraction of sp³-hybridized carbons (Fsp3) is 0.214. The average molecular weight is 255 g/mol. The lowest BCUT2D eigenvalue weighted by molar-refractivity contribution is 0.120. The van der Waals surface area contributed by atoms with Gasteiger partial charge in [-0.3, -0.25) is 0 Å². The first-order valence-electron chi connectivity index (χ1n) is 6.16. The van der Waals surface area contributed by atoms with Crippen LogP contribution in [0.3, 0.4) is 0 Å². The molecule has 0 N–H and O–H groups in total. The van der Waals surface area contributed by atoms with Crippen molar-refractivity contribution in [1.82, 2.24) is 5.01 Å². The highest BCUT2D eigenvalue weighted by atomic mass is 16.6. The third kappa shape index (κ3) is 1.93. The van der Waals surface area contributed by atoms with Crippen LogP contribution in [0.2, 0.25) is 0 Å². The van der Waals surface area contributed by atoms with E-state index in [0.717, 1.165) is 16.8 Å². The minimum atomic E-state index is -0.493. The molecule has 5 heteroatoms. The summed E-state index contributed by atoms with van der Waals surface area (Å²) in [6.45, 7) is 2.08. The minimum absolute atomic E-state index is 0.240. The first-order chi connectivity index (χ1) is 9.31. The Labute approximate surface area is 110 Å². The van der Waals surface area contributed by atoms with Gasteiger partial charge in [0.15, 0.2) is 0 Å². The van der Waals surface area contributed by atoms with Gasteiger partial charge in [-0.25, -0.2) is 4.79 Å². The largest absolute Gasteiger partial charge is 0.448 e. The van der Waals surface area contributed by atoms with Gasteiger partial charge in [-0.15, -0.1) is 5.01 Å². The summed E-state index contributed by atoms with van der Waals surface area (Å²) in [7, 11) is 0. The van der Waals surface area contributed by atoms with Crippen molar-refractivity contribution in [2.75, 3.05) is 6.61 Å². The van der Waals surface area contributed by atoms with Gasteiger partial charge in [0.1, 0.15) is 6.04 Å². The molecule has 96 valence electrons. The summed E-state index contributed by atoms with van der Waals surface area (Å²) in [5, 5.41) is 9.33. The molecule has 1 aliphatic heterocycles. The minimum Gasteiger partial charge on any atom is -0.448 e. The third-order valence-electron chi connectivity index (χ3n) is 3.06. The Hall–Kier alpha value is -2.43. The van der Waals surface area contributed by atoms with Crippen molar-refractivity contribution in [2.45, 2.75) is 13.0 Å². The quantitative estimate of drug-likeness (QED) is 0.771. The molecule has 1 aromatic carbocycles. The molecule has 0 radical (unpaired) electrons. The summed E-state index contributed by atoms with van der Waals surface area (Å²) < 4.78 is 4.97. The maximum absolute atomic E-state index is 11.8. The highest BCUT2D eigenvalue weighted by Gasteiger charge is 2.34. The molecule has 1 heterocycles. The standard InChI is InChI=1S/C14H13N3O2/c1-2-19-14(18)17-12-9-5-7-10-6-3-4-8-11(10)13(12)15-16-17/h3-9,13H,2H2,1H3. The van der Waals surface area contributed by atoms with Crippen LogP contribution in [0.1, 0.15) is 24.1 Å². The normalized spacial score (nSPS) is 19.5. The van der Waals surface area contributed by atoms with E-state index in [1.165, 1.54) is 5.01 Å². The van der Waals surface area contributed by atoms with Gasteiger partial charge in [-0.2, -0.15) is 5.11 Å². The molecule has 2 aliphatic rings. The molecule has 1 aliphatic carbocycles. The molecule has 5 nitrogen and oxygen atoms in total. The van der Waals surface area contributed by atoms with Gasteiger partial charge < -0.3 is 4.74 Å². The number of amides is 1. The van der Waals surface area contributed by atoms with Crippen LogP contribution in [0.25, 0.3) is 6.08 Å². The van der Waals surface area contributed by atoms with Gasteiger partial charge in [0, 0.05) is 0 Å². The summed E-state index contributed by atoms with van der Waals surface area (Å²) in [6.07, 6.45) is 5.26. The molecule has 3 rings (SSSR count). The Balaban J connectivity index is 1.98. The maximum Gasteiger partial charge on any atom is 0.436 e. The van der Waals surface area contributed by atoms with E-state index >= 15 is 0 Å². The average Bonchev–Trinajstić information content (AvgIpc) is 2.75. The van der Waals surface area contributed by atoms with Gasteiger partial charge >= 0.3 is 6.09 Å². The molecule has 1 aromatic rings. The molecule has 0 fully saturated rings. The molecule has 0 saturated carbocycles. The van der Waals surface area contributed by atoms with Crippen molar-refractivity contribution < 1.29 is 9.53 Å². The topological polar surface area (TPSA) is 54.3 Å². The molecule has 1 atom stereocenters. The molecule has 0 bridgehead atoms. The zero-order valence-electron chi connectivity index (χ0n) is 10.5. The second-order valence-electron chi connectivity index (χ2n) is 4.20. The van der Waals surface area contributed by atoms with Crippen molar-refractivity contribution in [2.24, 2.45) is 10.3 Å². The predicted octanol–water partition coefficient (Wildman–Crippen LogP) is 3.48. The molecule has 0 saturated heterocycles. The summed E-state index contributed by atoms with van der Waals surface area (Å²) >= 11 is 0. The monoisotopic (exact) mass is 255 g/mol. The Kier molecular flexibility index (Phi) is 2.87. The van der Waals surface area contributed by atoms with Crippen molar-refractivity contribution in [3.63, 3.8) is 0 Å². The van der Waals surface area contributed by atoms with Crippen molar-refractivity contribution in [3.8, 4) is 0 Å². The molecular weight excluding hydrogens is 242 g/mol. The van der Waals surface area contributed by atoms with E-state index in [1.54, 1.807) is 6.92 Å². The first-order valence-corrected chi connectivity index (χ1v) is 6.16. The number of rotatable bonds is 1. The number of fused-ring (bicyclic) bond motifs is 3. The predicted molar refractivity (Wildman–Crippen MR) is 70.0 cm³/mol. The van der Waals surface area contributed by atoms with Gasteiger partial charge in [0.25, 0.3) is 0 Å². The highest BCUT2D eigenvalue weighted by Crippen LogP contribution is 2.38. The fourth-order valence-corrected chi connectivity index (χ4v) is 2.20. The zero-order chi connectivity index (χ0) is 13.2. The molecular formula is C14H13N3O2. The molecule has 0 spiro atoms. The van der Waals surface area contributed by atoms with Crippen LogP contribution in [-0.4, -0.2) is 17.7 Å². The van der Waals surface area contributed by atoms with Gasteiger partial charge in [0.2, 0.25) is 0 Å². The number of carbonyl (C=O) groups excluding carboxylic acids is 1. The van der Waals surface area contributed by atoms with E-state index in [2.05, 4.69) is 10.3 Å². The smallest absolute Gasteiger partial charge is 0.436 e. The lowest BCUT2D eigenvalue weighted by atomic mass is 10.00. The number of allylic oxidation sites excluding steroid dienone is 2. The summed E-state index contributed by atoms with van der Waals surface area (Å²) in [4.78, 5) is 11.8. The van der Waals surface area contributed by atoms with E-state index < -0.39 is 6.09 Å². The number of nitrogens with zero attached hydrogens (tertiary/aromatic N) is 3. The van der Waals surface area contributed by atoms with Crippen molar-refractivity contribution in [1.29, 1.82) is 0 Å². The number of carbonyl (C=O) groups is 1. The van der Waals surface area contributed by atoms with Gasteiger partial charge in [0.05, 0.1) is 12.3 Å². The van der Waals surface area contributed by atoms with E-state index in [-0.39, 0.29) is 6.04 Å². The second-order valence-corrected chi connectivity index (χ2v) is 4.20. The Morgan fingerprint density at radius 1 is 1.42 bits per heavy atom. The van der Waals surface area contributed by atoms with Crippen LogP contribution in [0.15, 0.2) is 52.5 Å². The van der Waals surface area contributed by atoms with E-state index in [0.29, 0.717) is 6.61 Å². The second kappa shape index (κ2) is 4.68.